The van der Waals surface area contributed by atoms with E-state index in [2.05, 4.69) is 14.9 Å². The van der Waals surface area contributed by atoms with Gasteiger partial charge in [0.25, 0.3) is 0 Å². The van der Waals surface area contributed by atoms with Gasteiger partial charge < -0.3 is 19.8 Å². The van der Waals surface area contributed by atoms with Crippen LogP contribution in [0.5, 0.6) is 0 Å². The monoisotopic (exact) mass is 431 g/mol. The smallest absolute Gasteiger partial charge is 0.353 e. The van der Waals surface area contributed by atoms with E-state index in [1.165, 1.54) is 12.4 Å². The third kappa shape index (κ3) is 4.52. The number of β-amino-alcohol motifs (C(OH)–C–C–N with tert-alkyl or cyclic N) is 1. The van der Waals surface area contributed by atoms with Gasteiger partial charge in [0.2, 0.25) is 11.6 Å². The predicted molar refractivity (Wildman–Crippen MR) is 115 cm³/mol. The minimum atomic E-state index is -0.409. The molecule has 2 fully saturated rings. The maximum atomic E-state index is 14.1. The highest BCUT2D eigenvalue weighted by Gasteiger charge is 2.33. The summed E-state index contributed by atoms with van der Waals surface area (Å²) in [4.78, 5) is 27.9. The standard InChI is InChI=1S/C20H26FN7O3/c21-16-3-1-2-4-17(16)25-9-11-27(12-10-25)20-18(28(30)31)19(22-15-23-20)26-7-5-24(6-8-26)13-14-29/h1-4,15,29H,5-14H2. The number of benzene rings is 1. The number of nitrogens with zero attached hydrogens (tertiary/aromatic N) is 7. The number of para-hydroxylation sites is 1. The summed E-state index contributed by atoms with van der Waals surface area (Å²) in [5.74, 6) is 0.364. The van der Waals surface area contributed by atoms with Crippen LogP contribution in [0.25, 0.3) is 0 Å². The van der Waals surface area contributed by atoms with Crippen LogP contribution in [-0.4, -0.2) is 90.4 Å². The Morgan fingerprint density at radius 2 is 1.48 bits per heavy atom. The zero-order valence-electron chi connectivity index (χ0n) is 17.2. The second-order valence-electron chi connectivity index (χ2n) is 7.60. The Bertz CT molecular complexity index is 915. The quantitative estimate of drug-likeness (QED) is 0.529. The molecule has 0 spiro atoms. The average molecular weight is 431 g/mol. The van der Waals surface area contributed by atoms with Gasteiger partial charge in [0, 0.05) is 58.9 Å². The fourth-order valence-corrected chi connectivity index (χ4v) is 4.18. The van der Waals surface area contributed by atoms with Crippen LogP contribution in [0, 0.1) is 15.9 Å². The Morgan fingerprint density at radius 1 is 0.935 bits per heavy atom. The van der Waals surface area contributed by atoms with E-state index in [0.29, 0.717) is 76.2 Å². The first kappa shape index (κ1) is 21.2. The van der Waals surface area contributed by atoms with Gasteiger partial charge in [0.1, 0.15) is 12.1 Å². The molecule has 10 nitrogen and oxygen atoms in total. The number of hydrogen-bond donors (Lipinski definition) is 1. The Hall–Kier alpha value is -3.05. The van der Waals surface area contributed by atoms with Gasteiger partial charge >= 0.3 is 5.69 Å². The molecule has 0 aliphatic carbocycles. The number of aromatic nitrogens is 2. The van der Waals surface area contributed by atoms with Crippen molar-refractivity contribution in [2.75, 3.05) is 80.2 Å². The second kappa shape index (κ2) is 9.40. The van der Waals surface area contributed by atoms with Crippen LogP contribution in [-0.2, 0) is 0 Å². The van der Waals surface area contributed by atoms with Crippen LogP contribution in [0.3, 0.4) is 0 Å². The normalized spacial score (nSPS) is 17.8. The van der Waals surface area contributed by atoms with Crippen molar-refractivity contribution in [3.05, 3.63) is 46.5 Å². The fourth-order valence-electron chi connectivity index (χ4n) is 4.18. The van der Waals surface area contributed by atoms with E-state index < -0.39 is 4.92 Å². The maximum Gasteiger partial charge on any atom is 0.353 e. The summed E-state index contributed by atoms with van der Waals surface area (Å²) in [7, 11) is 0. The van der Waals surface area contributed by atoms with Crippen molar-refractivity contribution in [3.63, 3.8) is 0 Å². The van der Waals surface area contributed by atoms with E-state index in [0.717, 1.165) is 0 Å². The lowest BCUT2D eigenvalue weighted by atomic mass is 10.2. The van der Waals surface area contributed by atoms with Crippen molar-refractivity contribution < 1.29 is 14.4 Å². The van der Waals surface area contributed by atoms with Crippen molar-refractivity contribution >= 4 is 23.0 Å². The summed E-state index contributed by atoms with van der Waals surface area (Å²) in [5, 5.41) is 21.1. The molecule has 2 saturated heterocycles. The lowest BCUT2D eigenvalue weighted by Crippen LogP contribution is -2.48. The molecule has 0 amide bonds. The van der Waals surface area contributed by atoms with Gasteiger partial charge in [0.05, 0.1) is 17.2 Å². The van der Waals surface area contributed by atoms with Crippen molar-refractivity contribution in [2.45, 2.75) is 0 Å². The molecule has 2 aliphatic rings. The molecule has 0 atom stereocenters. The molecule has 31 heavy (non-hydrogen) atoms. The number of aliphatic hydroxyl groups excluding tert-OH is 1. The summed E-state index contributed by atoms with van der Waals surface area (Å²) in [6, 6.07) is 6.63. The van der Waals surface area contributed by atoms with E-state index >= 15 is 0 Å². The minimum Gasteiger partial charge on any atom is -0.395 e. The van der Waals surface area contributed by atoms with E-state index in [4.69, 9.17) is 5.11 Å². The van der Waals surface area contributed by atoms with Crippen LogP contribution in [0.15, 0.2) is 30.6 Å². The third-order valence-corrected chi connectivity index (χ3v) is 5.83. The highest BCUT2D eigenvalue weighted by molar-refractivity contribution is 5.71. The molecule has 3 heterocycles. The molecule has 2 aliphatic heterocycles. The molecule has 4 rings (SSSR count). The zero-order chi connectivity index (χ0) is 21.8. The summed E-state index contributed by atoms with van der Waals surface area (Å²) >= 11 is 0. The van der Waals surface area contributed by atoms with Gasteiger partial charge in [-0.25, -0.2) is 14.4 Å². The van der Waals surface area contributed by atoms with Crippen LogP contribution in [0.2, 0.25) is 0 Å². The Balaban J connectivity index is 1.51. The molecule has 166 valence electrons. The highest BCUT2D eigenvalue weighted by atomic mass is 19.1. The summed E-state index contributed by atoms with van der Waals surface area (Å²) < 4.78 is 14.1. The lowest BCUT2D eigenvalue weighted by Gasteiger charge is -2.37. The minimum absolute atomic E-state index is 0.0857. The van der Waals surface area contributed by atoms with Crippen molar-refractivity contribution in [2.24, 2.45) is 0 Å². The molecule has 0 bridgehead atoms. The van der Waals surface area contributed by atoms with E-state index in [9.17, 15) is 14.5 Å². The molecule has 0 saturated carbocycles. The third-order valence-electron chi connectivity index (χ3n) is 5.83. The van der Waals surface area contributed by atoms with Crippen LogP contribution >= 0.6 is 0 Å². The molecule has 1 aromatic heterocycles. The van der Waals surface area contributed by atoms with Gasteiger partial charge in [-0.3, -0.25) is 15.0 Å². The first-order valence-electron chi connectivity index (χ1n) is 10.4. The predicted octanol–water partition coefficient (Wildman–Crippen LogP) is 0.965. The topological polar surface area (TPSA) is 102 Å². The van der Waals surface area contributed by atoms with Crippen molar-refractivity contribution in [1.29, 1.82) is 0 Å². The molecule has 0 radical (unpaired) electrons. The first-order chi connectivity index (χ1) is 15.1. The van der Waals surface area contributed by atoms with Gasteiger partial charge in [-0.05, 0) is 12.1 Å². The molecule has 0 unspecified atom stereocenters. The second-order valence-corrected chi connectivity index (χ2v) is 7.60. The Kier molecular flexibility index (Phi) is 6.42. The number of aliphatic hydroxyl groups is 1. The fraction of sp³-hybridized carbons (Fsp3) is 0.500. The van der Waals surface area contributed by atoms with E-state index in [1.807, 2.05) is 14.7 Å². The molecule has 1 N–H and O–H groups in total. The SMILES string of the molecule is O=[N+]([O-])c1c(N2CCN(CCO)CC2)ncnc1N1CCN(c2ccccc2F)CC1. The van der Waals surface area contributed by atoms with Crippen LogP contribution in [0.1, 0.15) is 0 Å². The van der Waals surface area contributed by atoms with Gasteiger partial charge in [-0.15, -0.1) is 0 Å². The maximum absolute atomic E-state index is 14.1. The van der Waals surface area contributed by atoms with Gasteiger partial charge in [-0.2, -0.15) is 0 Å². The summed E-state index contributed by atoms with van der Waals surface area (Å²) in [6.07, 6.45) is 1.38. The Labute approximate surface area is 179 Å². The number of nitro groups is 1. The van der Waals surface area contributed by atoms with E-state index in [-0.39, 0.29) is 18.1 Å². The molecular formula is C20H26FN7O3. The van der Waals surface area contributed by atoms with Crippen molar-refractivity contribution in [3.8, 4) is 0 Å². The largest absolute Gasteiger partial charge is 0.395 e. The molecule has 11 heteroatoms. The van der Waals surface area contributed by atoms with Gasteiger partial charge in [0.15, 0.2) is 0 Å². The lowest BCUT2D eigenvalue weighted by molar-refractivity contribution is -0.383. The number of halogens is 1. The van der Waals surface area contributed by atoms with Crippen molar-refractivity contribution in [1.82, 2.24) is 14.9 Å². The number of anilines is 3. The highest BCUT2D eigenvalue weighted by Crippen LogP contribution is 2.35. The number of hydrogen-bond acceptors (Lipinski definition) is 9. The first-order valence-corrected chi connectivity index (χ1v) is 10.4. The molecule has 1 aromatic carbocycles. The number of rotatable bonds is 6. The Morgan fingerprint density at radius 3 is 2.03 bits per heavy atom. The number of piperazine rings is 2. The summed E-state index contributed by atoms with van der Waals surface area (Å²) in [6.45, 7) is 5.36. The van der Waals surface area contributed by atoms with E-state index in [1.54, 1.807) is 18.2 Å². The molecular weight excluding hydrogens is 405 g/mol. The average Bonchev–Trinajstić information content (AvgIpc) is 2.80. The molecule has 2 aromatic rings. The van der Waals surface area contributed by atoms with Crippen LogP contribution in [0.4, 0.5) is 27.4 Å². The zero-order valence-corrected chi connectivity index (χ0v) is 17.2. The van der Waals surface area contributed by atoms with Crippen LogP contribution < -0.4 is 14.7 Å². The summed E-state index contributed by atoms with van der Waals surface area (Å²) in [5.41, 5.74) is 0.457. The van der Waals surface area contributed by atoms with Gasteiger partial charge in [-0.1, -0.05) is 12.1 Å².